The van der Waals surface area contributed by atoms with Crippen molar-refractivity contribution in [1.82, 2.24) is 4.90 Å². The zero-order valence-electron chi connectivity index (χ0n) is 10.5. The molecular formula is C14H22N2. The van der Waals surface area contributed by atoms with Crippen LogP contribution >= 0.6 is 0 Å². The number of rotatable bonds is 3. The predicted molar refractivity (Wildman–Crippen MR) is 69.2 cm³/mol. The van der Waals surface area contributed by atoms with Crippen LogP contribution in [-0.4, -0.2) is 18.0 Å². The van der Waals surface area contributed by atoms with Crippen molar-refractivity contribution in [2.75, 3.05) is 18.8 Å². The first-order valence-electron chi connectivity index (χ1n) is 6.14. The highest BCUT2D eigenvalue weighted by atomic mass is 15.2. The van der Waals surface area contributed by atoms with Crippen molar-refractivity contribution in [3.8, 4) is 0 Å². The summed E-state index contributed by atoms with van der Waals surface area (Å²) in [6.45, 7) is 10.3. The van der Waals surface area contributed by atoms with Crippen molar-refractivity contribution in [2.24, 2.45) is 11.8 Å². The second kappa shape index (κ2) is 4.46. The van der Waals surface area contributed by atoms with Gasteiger partial charge in [0.25, 0.3) is 0 Å². The van der Waals surface area contributed by atoms with Gasteiger partial charge >= 0.3 is 0 Å². The normalized spacial score (nSPS) is 17.8. The smallest absolute Gasteiger partial charge is 0.0346 e. The Labute approximate surface area is 98.4 Å². The quantitative estimate of drug-likeness (QED) is 0.790. The Bertz CT molecular complexity index is 365. The summed E-state index contributed by atoms with van der Waals surface area (Å²) in [5.41, 5.74) is 9.45. The topological polar surface area (TPSA) is 29.3 Å². The first-order chi connectivity index (χ1) is 7.58. The van der Waals surface area contributed by atoms with Crippen LogP contribution in [0.5, 0.6) is 0 Å². The molecule has 0 radical (unpaired) electrons. The van der Waals surface area contributed by atoms with Crippen molar-refractivity contribution < 1.29 is 0 Å². The maximum absolute atomic E-state index is 5.91. The molecule has 2 N–H and O–H groups in total. The summed E-state index contributed by atoms with van der Waals surface area (Å²) in [5.74, 6) is 1.71. The van der Waals surface area contributed by atoms with Crippen LogP contribution in [0.15, 0.2) is 18.2 Å². The van der Waals surface area contributed by atoms with Crippen molar-refractivity contribution >= 4 is 5.69 Å². The number of hydrogen-bond donors (Lipinski definition) is 1. The molecule has 0 amide bonds. The number of anilines is 1. The Morgan fingerprint density at radius 1 is 1.38 bits per heavy atom. The highest BCUT2D eigenvalue weighted by Crippen LogP contribution is 2.26. The maximum atomic E-state index is 5.91. The minimum atomic E-state index is 0.818. The third kappa shape index (κ3) is 2.22. The number of nitrogens with zero attached hydrogens (tertiary/aromatic N) is 1. The Balaban J connectivity index is 1.94. The van der Waals surface area contributed by atoms with Crippen LogP contribution in [0.1, 0.15) is 25.0 Å². The molecule has 0 saturated carbocycles. The second-order valence-corrected chi connectivity index (χ2v) is 5.33. The fourth-order valence-corrected chi connectivity index (χ4v) is 2.28. The van der Waals surface area contributed by atoms with Gasteiger partial charge in [-0.25, -0.2) is 0 Å². The summed E-state index contributed by atoms with van der Waals surface area (Å²) in [7, 11) is 0. The lowest BCUT2D eigenvalue weighted by atomic mass is 9.88. The summed E-state index contributed by atoms with van der Waals surface area (Å²) in [6, 6.07) is 6.22. The Kier molecular flexibility index (Phi) is 3.20. The van der Waals surface area contributed by atoms with Gasteiger partial charge in [0.1, 0.15) is 0 Å². The van der Waals surface area contributed by atoms with Gasteiger partial charge in [-0.1, -0.05) is 26.0 Å². The fourth-order valence-electron chi connectivity index (χ4n) is 2.28. The number of likely N-dealkylation sites (tertiary alicyclic amines) is 1. The summed E-state index contributed by atoms with van der Waals surface area (Å²) in [5, 5.41) is 0. The number of hydrogen-bond acceptors (Lipinski definition) is 2. The van der Waals surface area contributed by atoms with Crippen LogP contribution in [0.25, 0.3) is 0 Å². The Morgan fingerprint density at radius 2 is 2.06 bits per heavy atom. The Hall–Kier alpha value is -1.02. The molecule has 1 heterocycles. The van der Waals surface area contributed by atoms with Gasteiger partial charge in [-0.3, -0.25) is 4.90 Å². The first-order valence-corrected chi connectivity index (χ1v) is 6.14. The van der Waals surface area contributed by atoms with Crippen LogP contribution < -0.4 is 5.73 Å². The lowest BCUT2D eigenvalue weighted by Gasteiger charge is -2.42. The van der Waals surface area contributed by atoms with Crippen LogP contribution in [0, 0.1) is 18.8 Å². The van der Waals surface area contributed by atoms with E-state index >= 15 is 0 Å². The average Bonchev–Trinajstić information content (AvgIpc) is 2.16. The van der Waals surface area contributed by atoms with E-state index in [1.165, 1.54) is 24.2 Å². The number of nitrogen functional groups attached to an aromatic ring is 1. The largest absolute Gasteiger partial charge is 0.399 e. The molecule has 1 aliphatic rings. The molecule has 0 aliphatic carbocycles. The number of benzene rings is 1. The highest BCUT2D eigenvalue weighted by molar-refractivity contribution is 5.49. The van der Waals surface area contributed by atoms with Gasteiger partial charge < -0.3 is 5.73 Å². The molecule has 2 heteroatoms. The average molecular weight is 218 g/mol. The van der Waals surface area contributed by atoms with E-state index in [1.807, 2.05) is 6.07 Å². The molecule has 1 aliphatic heterocycles. The molecular weight excluding hydrogens is 196 g/mol. The molecule has 0 bridgehead atoms. The van der Waals surface area contributed by atoms with E-state index in [0.29, 0.717) is 0 Å². The van der Waals surface area contributed by atoms with Gasteiger partial charge in [0.05, 0.1) is 0 Å². The second-order valence-electron chi connectivity index (χ2n) is 5.33. The summed E-state index contributed by atoms with van der Waals surface area (Å²) in [6.07, 6.45) is 0. The fraction of sp³-hybridized carbons (Fsp3) is 0.571. The van der Waals surface area contributed by atoms with Gasteiger partial charge in [0, 0.05) is 25.3 Å². The van der Waals surface area contributed by atoms with Crippen molar-refractivity contribution in [3.05, 3.63) is 29.3 Å². The highest BCUT2D eigenvalue weighted by Gasteiger charge is 2.28. The molecule has 0 unspecified atom stereocenters. The van der Waals surface area contributed by atoms with E-state index in [1.54, 1.807) is 0 Å². The van der Waals surface area contributed by atoms with Crippen molar-refractivity contribution in [2.45, 2.75) is 27.3 Å². The van der Waals surface area contributed by atoms with Crippen LogP contribution in [0.2, 0.25) is 0 Å². The van der Waals surface area contributed by atoms with Gasteiger partial charge in [0.15, 0.2) is 0 Å². The molecule has 2 rings (SSSR count). The van der Waals surface area contributed by atoms with E-state index in [9.17, 15) is 0 Å². The molecule has 1 saturated heterocycles. The van der Waals surface area contributed by atoms with E-state index < -0.39 is 0 Å². The van der Waals surface area contributed by atoms with E-state index in [2.05, 4.69) is 37.8 Å². The van der Waals surface area contributed by atoms with E-state index in [0.717, 1.165) is 24.1 Å². The Morgan fingerprint density at radius 3 is 2.69 bits per heavy atom. The molecule has 1 aromatic carbocycles. The molecule has 1 aromatic rings. The molecule has 2 nitrogen and oxygen atoms in total. The third-order valence-corrected chi connectivity index (χ3v) is 3.81. The summed E-state index contributed by atoms with van der Waals surface area (Å²) < 4.78 is 0. The van der Waals surface area contributed by atoms with Gasteiger partial charge in [-0.2, -0.15) is 0 Å². The van der Waals surface area contributed by atoms with E-state index in [-0.39, 0.29) is 0 Å². The molecule has 0 spiro atoms. The predicted octanol–water partition coefficient (Wildman–Crippen LogP) is 2.67. The minimum absolute atomic E-state index is 0.818. The maximum Gasteiger partial charge on any atom is 0.0346 e. The lowest BCUT2D eigenvalue weighted by Crippen LogP contribution is -2.48. The lowest BCUT2D eigenvalue weighted by molar-refractivity contribution is 0.0613. The molecule has 1 fully saturated rings. The molecule has 88 valence electrons. The summed E-state index contributed by atoms with van der Waals surface area (Å²) in [4.78, 5) is 2.51. The molecule has 0 atom stereocenters. The zero-order chi connectivity index (χ0) is 11.7. The van der Waals surface area contributed by atoms with Crippen LogP contribution in [0.4, 0.5) is 5.69 Å². The SMILES string of the molecule is Cc1c(N)cccc1CN1CC(C(C)C)C1. The molecule has 16 heavy (non-hydrogen) atoms. The van der Waals surface area contributed by atoms with E-state index in [4.69, 9.17) is 5.73 Å². The van der Waals surface area contributed by atoms with Gasteiger partial charge in [0.2, 0.25) is 0 Å². The standard InChI is InChI=1S/C14H22N2/c1-10(2)13-8-16(9-13)7-12-5-4-6-14(15)11(12)3/h4-6,10,13H,7-9,15H2,1-3H3. The number of nitrogens with two attached hydrogens (primary N) is 1. The van der Waals surface area contributed by atoms with Crippen LogP contribution in [-0.2, 0) is 6.54 Å². The first kappa shape index (κ1) is 11.5. The minimum Gasteiger partial charge on any atom is -0.399 e. The van der Waals surface area contributed by atoms with Crippen LogP contribution in [0.3, 0.4) is 0 Å². The summed E-state index contributed by atoms with van der Waals surface area (Å²) >= 11 is 0. The van der Waals surface area contributed by atoms with Gasteiger partial charge in [-0.05, 0) is 36.0 Å². The zero-order valence-corrected chi connectivity index (χ0v) is 10.5. The monoisotopic (exact) mass is 218 g/mol. The third-order valence-electron chi connectivity index (χ3n) is 3.81. The van der Waals surface area contributed by atoms with Gasteiger partial charge in [-0.15, -0.1) is 0 Å². The van der Waals surface area contributed by atoms with Crippen molar-refractivity contribution in [3.63, 3.8) is 0 Å². The molecule has 0 aromatic heterocycles. The van der Waals surface area contributed by atoms with Crippen molar-refractivity contribution in [1.29, 1.82) is 0 Å².